The Hall–Kier alpha value is -1.61. The SMILES string of the molecule is Cc1ccc(S(=O)(=O)N2N=C3CCCCC[C@H]3[C@]2(O)C(F)(F)F)cc1. The summed E-state index contributed by atoms with van der Waals surface area (Å²) in [6.07, 6.45) is -3.01. The highest BCUT2D eigenvalue weighted by Gasteiger charge is 2.69. The topological polar surface area (TPSA) is 70.0 Å². The van der Waals surface area contributed by atoms with E-state index in [1.807, 2.05) is 0 Å². The number of fused-ring (bicyclic) bond motifs is 1. The Kier molecular flexibility index (Phi) is 4.35. The maximum absolute atomic E-state index is 13.8. The molecular formula is C16H19F3N2O3S. The number of aryl methyl sites for hydroxylation is 1. The molecule has 1 aromatic carbocycles. The number of aliphatic hydroxyl groups is 1. The van der Waals surface area contributed by atoms with Crippen LogP contribution in [-0.2, 0) is 10.0 Å². The zero-order valence-corrected chi connectivity index (χ0v) is 14.4. The van der Waals surface area contributed by atoms with Gasteiger partial charge >= 0.3 is 6.18 Å². The fraction of sp³-hybridized carbons (Fsp3) is 0.562. The summed E-state index contributed by atoms with van der Waals surface area (Å²) in [5.74, 6) is -1.37. The molecule has 138 valence electrons. The quantitative estimate of drug-likeness (QED) is 0.862. The van der Waals surface area contributed by atoms with Crippen LogP contribution in [-0.4, -0.2) is 35.6 Å². The van der Waals surface area contributed by atoms with Crippen LogP contribution in [0, 0.1) is 12.8 Å². The Balaban J connectivity index is 2.13. The molecule has 9 heteroatoms. The number of sulfonamides is 1. The minimum Gasteiger partial charge on any atom is -0.361 e. The maximum Gasteiger partial charge on any atom is 0.439 e. The van der Waals surface area contributed by atoms with Crippen molar-refractivity contribution >= 4 is 15.7 Å². The molecule has 1 heterocycles. The van der Waals surface area contributed by atoms with E-state index >= 15 is 0 Å². The summed E-state index contributed by atoms with van der Waals surface area (Å²) >= 11 is 0. The van der Waals surface area contributed by atoms with Crippen LogP contribution >= 0.6 is 0 Å². The van der Waals surface area contributed by atoms with Crippen LogP contribution in [0.2, 0.25) is 0 Å². The normalized spacial score (nSPS) is 27.6. The fourth-order valence-electron chi connectivity index (χ4n) is 3.40. The van der Waals surface area contributed by atoms with Crippen molar-refractivity contribution in [2.45, 2.75) is 55.8 Å². The first-order valence-corrected chi connectivity index (χ1v) is 9.51. The van der Waals surface area contributed by atoms with Gasteiger partial charge in [0.25, 0.3) is 15.7 Å². The predicted octanol–water partition coefficient (Wildman–Crippen LogP) is 3.19. The fourth-order valence-corrected chi connectivity index (χ4v) is 4.89. The lowest BCUT2D eigenvalue weighted by Gasteiger charge is -2.37. The molecule has 1 aromatic rings. The molecule has 1 saturated carbocycles. The van der Waals surface area contributed by atoms with Gasteiger partial charge in [0, 0.05) is 5.71 Å². The molecule has 0 unspecified atom stereocenters. The monoisotopic (exact) mass is 376 g/mol. The number of nitrogens with zero attached hydrogens (tertiary/aromatic N) is 2. The third kappa shape index (κ3) is 2.83. The summed E-state index contributed by atoms with van der Waals surface area (Å²) in [6, 6.07) is 5.41. The van der Waals surface area contributed by atoms with Gasteiger partial charge in [-0.3, -0.25) is 0 Å². The smallest absolute Gasteiger partial charge is 0.361 e. The van der Waals surface area contributed by atoms with Crippen LogP contribution in [0.5, 0.6) is 0 Å². The molecule has 0 saturated heterocycles. The lowest BCUT2D eigenvalue weighted by atomic mass is 9.88. The van der Waals surface area contributed by atoms with E-state index in [1.54, 1.807) is 6.92 Å². The number of benzene rings is 1. The third-order valence-electron chi connectivity index (χ3n) is 4.79. The van der Waals surface area contributed by atoms with Crippen LogP contribution in [0.15, 0.2) is 34.3 Å². The predicted molar refractivity (Wildman–Crippen MR) is 85.2 cm³/mol. The zero-order valence-electron chi connectivity index (χ0n) is 13.6. The van der Waals surface area contributed by atoms with E-state index in [1.165, 1.54) is 24.3 Å². The van der Waals surface area contributed by atoms with Crippen molar-refractivity contribution in [1.82, 2.24) is 4.41 Å². The molecule has 0 radical (unpaired) electrons. The number of rotatable bonds is 2. The van der Waals surface area contributed by atoms with Crippen molar-refractivity contribution in [3.8, 4) is 0 Å². The van der Waals surface area contributed by atoms with Gasteiger partial charge in [0.2, 0.25) is 0 Å². The Bertz CT molecular complexity index is 790. The molecule has 2 aliphatic rings. The molecule has 25 heavy (non-hydrogen) atoms. The van der Waals surface area contributed by atoms with E-state index in [4.69, 9.17) is 0 Å². The van der Waals surface area contributed by atoms with Crippen molar-refractivity contribution in [2.75, 3.05) is 0 Å². The molecule has 1 fully saturated rings. The molecule has 1 aliphatic heterocycles. The summed E-state index contributed by atoms with van der Waals surface area (Å²) in [6.45, 7) is 1.73. The van der Waals surface area contributed by atoms with Crippen molar-refractivity contribution < 1.29 is 26.7 Å². The largest absolute Gasteiger partial charge is 0.439 e. The summed E-state index contributed by atoms with van der Waals surface area (Å²) in [5, 5.41) is 14.3. The number of halogens is 3. The van der Waals surface area contributed by atoms with Crippen molar-refractivity contribution in [3.05, 3.63) is 29.8 Å². The second-order valence-corrected chi connectivity index (χ2v) is 8.30. The van der Waals surface area contributed by atoms with Crippen LogP contribution < -0.4 is 0 Å². The summed E-state index contributed by atoms with van der Waals surface area (Å²) in [7, 11) is -4.64. The highest BCUT2D eigenvalue weighted by Crippen LogP contribution is 2.49. The van der Waals surface area contributed by atoms with Crippen LogP contribution in [0.25, 0.3) is 0 Å². The second kappa shape index (κ2) is 5.98. The minimum atomic E-state index is -5.16. The molecule has 3 rings (SSSR count). The molecule has 1 aliphatic carbocycles. The number of hydrogen-bond acceptors (Lipinski definition) is 4. The number of hydrazone groups is 1. The molecule has 0 bridgehead atoms. The van der Waals surface area contributed by atoms with E-state index in [0.717, 1.165) is 12.0 Å². The average Bonchev–Trinajstić information content (AvgIpc) is 2.69. The lowest BCUT2D eigenvalue weighted by molar-refractivity contribution is -0.306. The Morgan fingerprint density at radius 1 is 1.20 bits per heavy atom. The summed E-state index contributed by atoms with van der Waals surface area (Å²) in [4.78, 5) is -0.332. The van der Waals surface area contributed by atoms with Crippen LogP contribution in [0.3, 0.4) is 0 Å². The molecule has 0 aromatic heterocycles. The van der Waals surface area contributed by atoms with Gasteiger partial charge in [0.05, 0.1) is 10.8 Å². The van der Waals surface area contributed by atoms with E-state index < -0.39 is 27.8 Å². The highest BCUT2D eigenvalue weighted by atomic mass is 32.2. The lowest BCUT2D eigenvalue weighted by Crippen LogP contribution is -2.60. The number of hydrogen-bond donors (Lipinski definition) is 1. The van der Waals surface area contributed by atoms with Crippen molar-refractivity contribution in [1.29, 1.82) is 0 Å². The van der Waals surface area contributed by atoms with Gasteiger partial charge in [0.15, 0.2) is 0 Å². The van der Waals surface area contributed by atoms with E-state index in [0.29, 0.717) is 12.8 Å². The van der Waals surface area contributed by atoms with E-state index in [-0.39, 0.29) is 27.9 Å². The van der Waals surface area contributed by atoms with E-state index in [9.17, 15) is 26.7 Å². The molecule has 0 amide bonds. The molecule has 5 nitrogen and oxygen atoms in total. The van der Waals surface area contributed by atoms with Gasteiger partial charge in [-0.15, -0.1) is 4.41 Å². The van der Waals surface area contributed by atoms with Crippen molar-refractivity contribution in [3.63, 3.8) is 0 Å². The summed E-state index contributed by atoms with van der Waals surface area (Å²) < 4.78 is 66.8. The van der Waals surface area contributed by atoms with Gasteiger partial charge in [-0.1, -0.05) is 30.5 Å². The van der Waals surface area contributed by atoms with Gasteiger partial charge in [-0.05, 0) is 38.3 Å². The number of alkyl halides is 3. The van der Waals surface area contributed by atoms with Crippen LogP contribution in [0.4, 0.5) is 13.2 Å². The first-order chi connectivity index (χ1) is 11.6. The van der Waals surface area contributed by atoms with Gasteiger partial charge in [-0.25, -0.2) is 0 Å². The highest BCUT2D eigenvalue weighted by molar-refractivity contribution is 7.89. The Morgan fingerprint density at radius 2 is 1.84 bits per heavy atom. The Morgan fingerprint density at radius 3 is 2.44 bits per heavy atom. The van der Waals surface area contributed by atoms with E-state index in [2.05, 4.69) is 5.10 Å². The third-order valence-corrected chi connectivity index (χ3v) is 6.47. The molecule has 0 spiro atoms. The first-order valence-electron chi connectivity index (χ1n) is 8.07. The Labute approximate surface area is 144 Å². The standard InChI is InChI=1S/C16H19F3N2O3S/c1-11-7-9-12(10-8-11)25(23,24)21-15(22,16(17,18)19)13-5-3-2-4-6-14(13)20-21/h7-10,13,22H,2-6H2,1H3/t13-,15+/m1/s1. The summed E-state index contributed by atoms with van der Waals surface area (Å²) in [5.41, 5.74) is -2.67. The van der Waals surface area contributed by atoms with Crippen molar-refractivity contribution in [2.24, 2.45) is 11.0 Å². The maximum atomic E-state index is 13.8. The van der Waals surface area contributed by atoms with Gasteiger partial charge < -0.3 is 5.11 Å². The molecule has 2 atom stereocenters. The van der Waals surface area contributed by atoms with Gasteiger partial charge in [0.1, 0.15) is 0 Å². The first kappa shape index (κ1) is 18.2. The minimum absolute atomic E-state index is 0.0504. The average molecular weight is 376 g/mol. The van der Waals surface area contributed by atoms with Crippen LogP contribution in [0.1, 0.15) is 37.7 Å². The molecular weight excluding hydrogens is 357 g/mol. The zero-order chi connectivity index (χ0) is 18.5. The van der Waals surface area contributed by atoms with Gasteiger partial charge in [-0.2, -0.15) is 26.7 Å². The second-order valence-electron chi connectivity index (χ2n) is 6.53. The molecule has 1 N–H and O–H groups in total.